The topological polar surface area (TPSA) is 43.4 Å². The van der Waals surface area contributed by atoms with E-state index in [4.69, 9.17) is 16.3 Å². The fraction of sp³-hybridized carbons (Fsp3) is 0.909. The first-order valence-corrected chi connectivity index (χ1v) is 11.2. The molecule has 3 nitrogen and oxygen atoms in total. The fourth-order valence-electron chi connectivity index (χ4n) is 3.02. The number of rotatable bonds is 18. The lowest BCUT2D eigenvalue weighted by Gasteiger charge is -2.20. The van der Waals surface area contributed by atoms with E-state index in [1.54, 1.807) is 0 Å². The molecule has 0 aliphatic heterocycles. The highest BCUT2D eigenvalue weighted by molar-refractivity contribution is 6.65. The van der Waals surface area contributed by atoms with Gasteiger partial charge in [-0.1, -0.05) is 96.8 Å². The predicted molar refractivity (Wildman–Crippen MR) is 111 cm³/mol. The van der Waals surface area contributed by atoms with Gasteiger partial charge >= 0.3 is 5.97 Å². The van der Waals surface area contributed by atoms with E-state index in [1.165, 1.54) is 97.3 Å². The van der Waals surface area contributed by atoms with Crippen molar-refractivity contribution in [3.8, 4) is 0 Å². The van der Waals surface area contributed by atoms with Crippen LogP contribution in [0.15, 0.2) is 0 Å². The summed E-state index contributed by atoms with van der Waals surface area (Å²) < 4.78 is 5.10. The Labute approximate surface area is 166 Å². The van der Waals surface area contributed by atoms with E-state index >= 15 is 0 Å². The van der Waals surface area contributed by atoms with E-state index in [-0.39, 0.29) is 5.97 Å². The van der Waals surface area contributed by atoms with Crippen LogP contribution in [0.4, 0.5) is 0 Å². The highest BCUT2D eigenvalue weighted by Crippen LogP contribution is 2.16. The second kappa shape index (κ2) is 16.6. The summed E-state index contributed by atoms with van der Waals surface area (Å²) in [4.78, 5) is 22.8. The Morgan fingerprint density at radius 2 is 1.04 bits per heavy atom. The van der Waals surface area contributed by atoms with Gasteiger partial charge in [-0.05, 0) is 31.9 Å². The molecular weight excluding hydrogens is 348 g/mol. The first kappa shape index (κ1) is 25.4. The van der Waals surface area contributed by atoms with Crippen LogP contribution in [-0.4, -0.2) is 16.8 Å². The van der Waals surface area contributed by atoms with Crippen LogP contribution in [0.5, 0.6) is 0 Å². The molecular formula is C22H41ClO3. The van der Waals surface area contributed by atoms with E-state index in [0.717, 1.165) is 12.8 Å². The smallest absolute Gasteiger partial charge is 0.306 e. The number of halogens is 1. The van der Waals surface area contributed by atoms with Crippen molar-refractivity contribution in [3.63, 3.8) is 0 Å². The molecule has 4 heteroatoms. The fourth-order valence-corrected chi connectivity index (χ4v) is 3.05. The molecule has 154 valence electrons. The molecule has 0 saturated carbocycles. The van der Waals surface area contributed by atoms with Crippen molar-refractivity contribution in [1.82, 2.24) is 0 Å². The molecule has 0 spiro atoms. The van der Waals surface area contributed by atoms with Crippen LogP contribution in [0.1, 0.15) is 124 Å². The molecule has 0 saturated heterocycles. The minimum absolute atomic E-state index is 0.335. The summed E-state index contributed by atoms with van der Waals surface area (Å²) >= 11 is 5.40. The quantitative estimate of drug-likeness (QED) is 0.140. The van der Waals surface area contributed by atoms with Crippen LogP contribution >= 0.6 is 11.6 Å². The van der Waals surface area contributed by atoms with Crippen molar-refractivity contribution in [3.05, 3.63) is 0 Å². The zero-order valence-electron chi connectivity index (χ0n) is 17.4. The van der Waals surface area contributed by atoms with Gasteiger partial charge in [-0.25, -0.2) is 0 Å². The lowest BCUT2D eigenvalue weighted by Crippen LogP contribution is -2.34. The van der Waals surface area contributed by atoms with Gasteiger partial charge in [0.15, 0.2) is 5.60 Å². The summed E-state index contributed by atoms with van der Waals surface area (Å²) in [6, 6.07) is 0. The molecule has 0 heterocycles. The van der Waals surface area contributed by atoms with Gasteiger partial charge in [0.25, 0.3) is 5.24 Å². The highest BCUT2D eigenvalue weighted by atomic mass is 35.5. The maximum atomic E-state index is 11.7. The van der Waals surface area contributed by atoms with Crippen molar-refractivity contribution in [2.75, 3.05) is 0 Å². The average Bonchev–Trinajstić information content (AvgIpc) is 2.57. The third-order valence-electron chi connectivity index (χ3n) is 4.83. The predicted octanol–water partition coefficient (Wildman–Crippen LogP) is 7.34. The van der Waals surface area contributed by atoms with Gasteiger partial charge in [0.2, 0.25) is 0 Å². The van der Waals surface area contributed by atoms with Crippen molar-refractivity contribution >= 4 is 22.8 Å². The summed E-state index contributed by atoms with van der Waals surface area (Å²) in [5.74, 6) is -0.335. The molecule has 26 heavy (non-hydrogen) atoms. The Morgan fingerprint density at radius 3 is 1.38 bits per heavy atom. The van der Waals surface area contributed by atoms with Gasteiger partial charge in [-0.2, -0.15) is 0 Å². The third kappa shape index (κ3) is 15.7. The Kier molecular flexibility index (Phi) is 16.2. The van der Waals surface area contributed by atoms with Gasteiger partial charge in [0.05, 0.1) is 0 Å². The molecule has 0 aromatic carbocycles. The van der Waals surface area contributed by atoms with Crippen LogP contribution in [-0.2, 0) is 14.3 Å². The second-order valence-corrected chi connectivity index (χ2v) is 8.30. The zero-order chi connectivity index (χ0) is 19.7. The summed E-state index contributed by atoms with van der Waals surface area (Å²) in [6.45, 7) is 5.31. The molecule has 0 fully saturated rings. The van der Waals surface area contributed by atoms with Gasteiger partial charge in [-0.15, -0.1) is 0 Å². The van der Waals surface area contributed by atoms with Crippen LogP contribution < -0.4 is 0 Å². The number of hydrogen-bond acceptors (Lipinski definition) is 3. The lowest BCUT2D eigenvalue weighted by atomic mass is 10.0. The van der Waals surface area contributed by atoms with Gasteiger partial charge in [0.1, 0.15) is 0 Å². The van der Waals surface area contributed by atoms with E-state index in [0.29, 0.717) is 6.42 Å². The van der Waals surface area contributed by atoms with Gasteiger partial charge in [-0.3, -0.25) is 9.59 Å². The summed E-state index contributed by atoms with van der Waals surface area (Å²) in [5.41, 5.74) is -1.21. The molecule has 0 bridgehead atoms. The molecule has 0 aromatic heterocycles. The van der Waals surface area contributed by atoms with Crippen molar-refractivity contribution < 1.29 is 14.3 Å². The van der Waals surface area contributed by atoms with Crippen LogP contribution in [0.2, 0.25) is 0 Å². The van der Waals surface area contributed by atoms with E-state index < -0.39 is 10.8 Å². The minimum atomic E-state index is -1.21. The molecule has 0 rings (SSSR count). The van der Waals surface area contributed by atoms with Crippen LogP contribution in [0.25, 0.3) is 0 Å². The maximum Gasteiger partial charge on any atom is 0.306 e. The maximum absolute atomic E-state index is 11.7. The normalized spacial score (nSPS) is 11.5. The molecule has 0 aliphatic carbocycles. The first-order valence-electron chi connectivity index (χ1n) is 10.8. The van der Waals surface area contributed by atoms with Gasteiger partial charge in [0, 0.05) is 6.42 Å². The highest BCUT2D eigenvalue weighted by Gasteiger charge is 2.29. The number of carbonyl (C=O) groups excluding carboxylic acids is 2. The molecule has 0 aliphatic rings. The molecule has 0 N–H and O–H groups in total. The third-order valence-corrected chi connectivity index (χ3v) is 5.28. The number of ether oxygens (including phenoxy) is 1. The molecule has 0 aromatic rings. The monoisotopic (exact) mass is 388 g/mol. The number of esters is 1. The number of carbonyl (C=O) groups is 2. The van der Waals surface area contributed by atoms with Crippen molar-refractivity contribution in [2.24, 2.45) is 0 Å². The summed E-state index contributed by atoms with van der Waals surface area (Å²) in [7, 11) is 0. The average molecular weight is 389 g/mol. The molecule has 0 amide bonds. The van der Waals surface area contributed by atoms with E-state index in [1.807, 2.05) is 0 Å². The SMILES string of the molecule is CCCCCCCCCCCCCCCCCC(=O)OC(C)(C)C(=O)Cl. The zero-order valence-corrected chi connectivity index (χ0v) is 18.2. The van der Waals surface area contributed by atoms with E-state index in [9.17, 15) is 9.59 Å². The van der Waals surface area contributed by atoms with E-state index in [2.05, 4.69) is 6.92 Å². The Hall–Kier alpha value is -0.570. The molecule has 0 radical (unpaired) electrons. The Balaban J connectivity index is 3.29. The Bertz CT molecular complexity index is 366. The second-order valence-electron chi connectivity index (χ2n) is 7.96. The minimum Gasteiger partial charge on any atom is -0.450 e. The van der Waals surface area contributed by atoms with Crippen LogP contribution in [0, 0.1) is 0 Å². The largest absolute Gasteiger partial charge is 0.450 e. The standard InChI is InChI=1S/C22H41ClO3/c1-4-5-6-7-8-9-10-11-12-13-14-15-16-17-18-19-20(24)26-22(2,3)21(23)25/h4-19H2,1-3H3. The summed E-state index contributed by atoms with van der Waals surface area (Å²) in [6.07, 6.45) is 19.8. The Morgan fingerprint density at radius 1 is 0.692 bits per heavy atom. The van der Waals surface area contributed by atoms with Crippen molar-refractivity contribution in [1.29, 1.82) is 0 Å². The lowest BCUT2D eigenvalue weighted by molar-refractivity contribution is -0.161. The molecule has 0 atom stereocenters. The van der Waals surface area contributed by atoms with Gasteiger partial charge < -0.3 is 4.74 Å². The number of hydrogen-bond donors (Lipinski definition) is 0. The van der Waals surface area contributed by atoms with Crippen molar-refractivity contribution in [2.45, 2.75) is 129 Å². The number of unbranched alkanes of at least 4 members (excludes halogenated alkanes) is 14. The van der Waals surface area contributed by atoms with Crippen LogP contribution in [0.3, 0.4) is 0 Å². The molecule has 0 unspecified atom stereocenters. The summed E-state index contributed by atoms with van der Waals surface area (Å²) in [5, 5.41) is -0.637. The first-order chi connectivity index (χ1) is 12.4.